The Morgan fingerprint density at radius 1 is 1.05 bits per heavy atom. The van der Waals surface area contributed by atoms with Crippen molar-refractivity contribution < 1.29 is 22.7 Å². The molecule has 0 saturated heterocycles. The maximum Gasteiger partial charge on any atom is 0.253 e. The minimum atomic E-state index is -1.68. The second-order valence-corrected chi connectivity index (χ2v) is 4.67. The van der Waals surface area contributed by atoms with Gasteiger partial charge in [-0.05, 0) is 12.8 Å². The molecule has 0 amide bonds. The first-order valence-corrected chi connectivity index (χ1v) is 6.12. The number of aliphatic hydroxyl groups is 1. The van der Waals surface area contributed by atoms with Crippen molar-refractivity contribution in [1.29, 1.82) is 0 Å². The first-order chi connectivity index (χ1) is 9.04. The lowest BCUT2D eigenvalue weighted by Gasteiger charge is -2.31. The maximum atomic E-state index is 13.5. The van der Waals surface area contributed by atoms with E-state index in [1.165, 1.54) is 0 Å². The van der Waals surface area contributed by atoms with Crippen LogP contribution in [0.25, 0.3) is 0 Å². The number of rotatable bonds is 3. The van der Waals surface area contributed by atoms with E-state index in [9.17, 15) is 22.7 Å². The van der Waals surface area contributed by atoms with Crippen LogP contribution in [0.15, 0.2) is 0 Å². The lowest BCUT2D eigenvalue weighted by atomic mass is 9.85. The summed E-state index contributed by atoms with van der Waals surface area (Å²) in [6, 6.07) is -0.413. The molecule has 3 nitrogen and oxygen atoms in total. The molecule has 1 aromatic rings. The Balaban J connectivity index is 2.27. The third-order valence-electron chi connectivity index (χ3n) is 3.47. The molecular formula is C12H14F4N2O. The highest BCUT2D eigenvalue weighted by molar-refractivity contribution is 5.46. The molecule has 0 aromatic carbocycles. The quantitative estimate of drug-likeness (QED) is 0.660. The molecule has 2 rings (SSSR count). The van der Waals surface area contributed by atoms with Crippen molar-refractivity contribution in [3.8, 4) is 0 Å². The van der Waals surface area contributed by atoms with Crippen LogP contribution < -0.4 is 5.32 Å². The van der Waals surface area contributed by atoms with Gasteiger partial charge in [0.2, 0.25) is 11.6 Å². The van der Waals surface area contributed by atoms with Crippen molar-refractivity contribution in [3.05, 3.63) is 23.5 Å². The number of nitrogens with one attached hydrogen (secondary N) is 1. The maximum absolute atomic E-state index is 13.5. The van der Waals surface area contributed by atoms with Gasteiger partial charge in [0.15, 0.2) is 0 Å². The monoisotopic (exact) mass is 278 g/mol. The normalized spacial score (nSPS) is 23.4. The summed E-state index contributed by atoms with van der Waals surface area (Å²) in [5.74, 6) is -6.63. The molecule has 1 fully saturated rings. The molecular weight excluding hydrogens is 264 g/mol. The predicted molar refractivity (Wildman–Crippen MR) is 60.5 cm³/mol. The zero-order valence-corrected chi connectivity index (χ0v) is 10.1. The third kappa shape index (κ3) is 2.80. The Hall–Kier alpha value is -1.37. The highest BCUT2D eigenvalue weighted by atomic mass is 19.2. The molecule has 2 N–H and O–H groups in total. The molecule has 1 aliphatic rings. The summed E-state index contributed by atoms with van der Waals surface area (Å²) in [7, 11) is 0. The molecule has 7 heteroatoms. The smallest absolute Gasteiger partial charge is 0.253 e. The highest BCUT2D eigenvalue weighted by Gasteiger charge is 2.28. The Morgan fingerprint density at radius 3 is 2.21 bits per heavy atom. The molecule has 1 aromatic heterocycles. The number of nitrogens with zero attached hydrogens (tertiary/aromatic N) is 1. The summed E-state index contributed by atoms with van der Waals surface area (Å²) in [5.41, 5.74) is -0.852. The van der Waals surface area contributed by atoms with E-state index >= 15 is 0 Å². The predicted octanol–water partition coefficient (Wildman–Crippen LogP) is 2.60. The van der Waals surface area contributed by atoms with Crippen LogP contribution in [0.2, 0.25) is 0 Å². The molecule has 106 valence electrons. The van der Waals surface area contributed by atoms with Gasteiger partial charge < -0.3 is 10.4 Å². The van der Waals surface area contributed by atoms with Crippen molar-refractivity contribution in [3.63, 3.8) is 0 Å². The van der Waals surface area contributed by atoms with Crippen LogP contribution >= 0.6 is 0 Å². The number of aliphatic hydroxyl groups excluding tert-OH is 1. The molecule has 2 atom stereocenters. The lowest BCUT2D eigenvalue weighted by Crippen LogP contribution is -2.35. The van der Waals surface area contributed by atoms with Gasteiger partial charge in [-0.25, -0.2) is 0 Å². The van der Waals surface area contributed by atoms with E-state index in [4.69, 9.17) is 0 Å². The molecule has 0 spiro atoms. The Bertz CT molecular complexity index is 443. The van der Waals surface area contributed by atoms with Crippen LogP contribution in [-0.4, -0.2) is 22.7 Å². The molecule has 1 aliphatic carbocycles. The van der Waals surface area contributed by atoms with E-state index in [-0.39, 0.29) is 12.5 Å². The van der Waals surface area contributed by atoms with Crippen molar-refractivity contribution in [2.75, 3.05) is 11.9 Å². The first-order valence-electron chi connectivity index (χ1n) is 6.12. The number of hydrogen-bond acceptors (Lipinski definition) is 3. The van der Waals surface area contributed by atoms with Crippen LogP contribution in [-0.2, 0) is 0 Å². The topological polar surface area (TPSA) is 45.1 Å². The van der Waals surface area contributed by atoms with E-state index in [2.05, 4.69) is 10.3 Å². The van der Waals surface area contributed by atoms with Crippen LogP contribution in [0.1, 0.15) is 25.7 Å². The number of aromatic nitrogens is 1. The minimum absolute atomic E-state index is 0.142. The fourth-order valence-corrected chi connectivity index (χ4v) is 2.42. The summed E-state index contributed by atoms with van der Waals surface area (Å²) >= 11 is 0. The molecule has 0 bridgehead atoms. The van der Waals surface area contributed by atoms with Crippen molar-refractivity contribution in [2.24, 2.45) is 5.92 Å². The second-order valence-electron chi connectivity index (χ2n) is 4.67. The van der Waals surface area contributed by atoms with E-state index < -0.39 is 35.3 Å². The van der Waals surface area contributed by atoms with Gasteiger partial charge in [-0.3, -0.25) is 0 Å². The zero-order valence-electron chi connectivity index (χ0n) is 10.1. The molecule has 1 saturated carbocycles. The highest BCUT2D eigenvalue weighted by Crippen LogP contribution is 2.30. The van der Waals surface area contributed by atoms with Gasteiger partial charge in [0.25, 0.3) is 11.9 Å². The van der Waals surface area contributed by atoms with Crippen LogP contribution in [0.3, 0.4) is 0 Å². The van der Waals surface area contributed by atoms with Gasteiger partial charge in [-0.2, -0.15) is 22.5 Å². The summed E-state index contributed by atoms with van der Waals surface area (Å²) < 4.78 is 52.9. The van der Waals surface area contributed by atoms with Gasteiger partial charge in [0.05, 0.1) is 0 Å². The Kier molecular flexibility index (Phi) is 4.24. The van der Waals surface area contributed by atoms with Crippen LogP contribution in [0.5, 0.6) is 0 Å². The number of anilines is 1. The molecule has 1 heterocycles. The van der Waals surface area contributed by atoms with Gasteiger partial charge in [-0.1, -0.05) is 12.8 Å². The van der Waals surface area contributed by atoms with Gasteiger partial charge in [0, 0.05) is 18.6 Å². The number of hydrogen-bond donors (Lipinski definition) is 2. The van der Waals surface area contributed by atoms with Crippen molar-refractivity contribution in [2.45, 2.75) is 31.7 Å². The first kappa shape index (κ1) is 14.0. The van der Waals surface area contributed by atoms with Gasteiger partial charge >= 0.3 is 0 Å². The molecule has 0 aliphatic heterocycles. The third-order valence-corrected chi connectivity index (χ3v) is 3.47. The number of pyridine rings is 1. The summed E-state index contributed by atoms with van der Waals surface area (Å²) in [6.45, 7) is -0.142. The molecule has 2 unspecified atom stereocenters. The van der Waals surface area contributed by atoms with Crippen molar-refractivity contribution >= 4 is 5.69 Å². The largest absolute Gasteiger partial charge is 0.396 e. The van der Waals surface area contributed by atoms with Gasteiger partial charge in [0.1, 0.15) is 5.69 Å². The van der Waals surface area contributed by atoms with E-state index in [0.717, 1.165) is 12.8 Å². The fraction of sp³-hybridized carbons (Fsp3) is 0.583. The Morgan fingerprint density at radius 2 is 1.63 bits per heavy atom. The van der Waals surface area contributed by atoms with E-state index in [1.54, 1.807) is 0 Å². The Labute approximate surface area is 107 Å². The molecule has 0 radical (unpaired) electrons. The zero-order chi connectivity index (χ0) is 14.0. The number of halogens is 4. The summed E-state index contributed by atoms with van der Waals surface area (Å²) in [4.78, 5) is 2.49. The molecule has 19 heavy (non-hydrogen) atoms. The van der Waals surface area contributed by atoms with Crippen LogP contribution in [0, 0.1) is 29.4 Å². The standard InChI is InChI=1S/C12H14F4N2O/c13-8-10(9(14)12(16)18-11(8)15)17-7-4-2-1-3-6(7)5-19/h6-7,19H,1-5H2,(H,17,18). The average Bonchev–Trinajstić information content (AvgIpc) is 2.42. The van der Waals surface area contributed by atoms with Crippen LogP contribution in [0.4, 0.5) is 23.2 Å². The van der Waals surface area contributed by atoms with E-state index in [1.807, 2.05) is 0 Å². The second kappa shape index (κ2) is 5.73. The average molecular weight is 278 g/mol. The minimum Gasteiger partial charge on any atom is -0.396 e. The van der Waals surface area contributed by atoms with E-state index in [0.29, 0.717) is 12.8 Å². The fourth-order valence-electron chi connectivity index (χ4n) is 2.42. The summed E-state index contributed by atoms with van der Waals surface area (Å²) in [5, 5.41) is 11.7. The lowest BCUT2D eigenvalue weighted by molar-refractivity contribution is 0.177. The SMILES string of the molecule is OCC1CCCCC1Nc1c(F)c(F)nc(F)c1F. The van der Waals surface area contributed by atoms with Crippen molar-refractivity contribution in [1.82, 2.24) is 4.98 Å². The van der Waals surface area contributed by atoms with Gasteiger partial charge in [-0.15, -0.1) is 0 Å². The summed E-state index contributed by atoms with van der Waals surface area (Å²) in [6.07, 6.45) is 3.02.